The van der Waals surface area contributed by atoms with E-state index in [2.05, 4.69) is 20.8 Å². The van der Waals surface area contributed by atoms with Gasteiger partial charge in [-0.25, -0.2) is 4.79 Å². The van der Waals surface area contributed by atoms with Crippen molar-refractivity contribution >= 4 is 23.3 Å². The van der Waals surface area contributed by atoms with Gasteiger partial charge in [-0.2, -0.15) is 0 Å². The van der Waals surface area contributed by atoms with Crippen LogP contribution in [-0.4, -0.2) is 27.9 Å². The van der Waals surface area contributed by atoms with E-state index in [1.807, 2.05) is 4.57 Å². The van der Waals surface area contributed by atoms with Crippen molar-refractivity contribution in [3.63, 3.8) is 0 Å². The number of nitrogens with zero attached hydrogens (tertiary/aromatic N) is 3. The third kappa shape index (κ3) is 3.14. The summed E-state index contributed by atoms with van der Waals surface area (Å²) >= 11 is 6.02. The van der Waals surface area contributed by atoms with Crippen LogP contribution in [0.3, 0.4) is 0 Å². The average molecular weight is 322 g/mol. The molecule has 8 heteroatoms. The lowest BCUT2D eigenvalue weighted by Crippen LogP contribution is -2.29. The van der Waals surface area contributed by atoms with Crippen molar-refractivity contribution in [1.29, 1.82) is 0 Å². The van der Waals surface area contributed by atoms with Crippen molar-refractivity contribution in [3.8, 4) is 5.75 Å². The number of amides is 2. The van der Waals surface area contributed by atoms with E-state index in [4.69, 9.17) is 16.3 Å². The molecule has 1 aromatic heterocycles. The van der Waals surface area contributed by atoms with Crippen LogP contribution in [0.5, 0.6) is 5.75 Å². The summed E-state index contributed by atoms with van der Waals surface area (Å²) in [5.41, 5.74) is 0.510. The molecule has 0 spiro atoms. The van der Waals surface area contributed by atoms with Crippen LogP contribution < -0.4 is 15.4 Å². The Hall–Kier alpha value is -2.28. The fraction of sp³-hybridized carbons (Fsp3) is 0.357. The maximum absolute atomic E-state index is 12.0. The van der Waals surface area contributed by atoms with Gasteiger partial charge in [0.05, 0.1) is 24.4 Å². The maximum atomic E-state index is 12.0. The number of ether oxygens (including phenoxy) is 1. The lowest BCUT2D eigenvalue weighted by Gasteiger charge is -2.12. The van der Waals surface area contributed by atoms with E-state index in [-0.39, 0.29) is 6.03 Å². The standard InChI is InChI=1S/C14H16ClN5O2/c1-22-13-10(15)3-2-4-11(13)18-14(21)16-7-12-19-17-8-20(12)9-5-6-9/h2-4,8-9H,5-7H2,1H3,(H2,16,18,21). The predicted octanol–water partition coefficient (Wildman–Crippen LogP) is 2.60. The lowest BCUT2D eigenvalue weighted by molar-refractivity contribution is 0.251. The summed E-state index contributed by atoms with van der Waals surface area (Å²) in [6, 6.07) is 5.27. The summed E-state index contributed by atoms with van der Waals surface area (Å²) in [4.78, 5) is 12.0. The minimum absolute atomic E-state index is 0.311. The van der Waals surface area contributed by atoms with Crippen LogP contribution in [-0.2, 0) is 6.54 Å². The molecule has 3 rings (SSSR count). The molecule has 1 heterocycles. The smallest absolute Gasteiger partial charge is 0.319 e. The number of urea groups is 1. The molecular weight excluding hydrogens is 306 g/mol. The highest BCUT2D eigenvalue weighted by molar-refractivity contribution is 6.32. The molecule has 0 bridgehead atoms. The Morgan fingerprint density at radius 3 is 3.05 bits per heavy atom. The molecule has 1 fully saturated rings. The minimum atomic E-state index is -0.356. The number of benzene rings is 1. The van der Waals surface area contributed by atoms with Gasteiger partial charge in [0.1, 0.15) is 6.33 Å². The molecule has 0 unspecified atom stereocenters. The first-order valence-electron chi connectivity index (χ1n) is 6.94. The monoisotopic (exact) mass is 321 g/mol. The number of halogens is 1. The molecule has 0 radical (unpaired) electrons. The van der Waals surface area contributed by atoms with Crippen LogP contribution in [0.25, 0.3) is 0 Å². The Morgan fingerprint density at radius 1 is 1.50 bits per heavy atom. The minimum Gasteiger partial charge on any atom is -0.493 e. The predicted molar refractivity (Wildman–Crippen MR) is 82.2 cm³/mol. The van der Waals surface area contributed by atoms with Crippen molar-refractivity contribution in [2.75, 3.05) is 12.4 Å². The van der Waals surface area contributed by atoms with Crippen LogP contribution in [0.1, 0.15) is 24.7 Å². The number of carbonyl (C=O) groups is 1. The van der Waals surface area contributed by atoms with Crippen molar-refractivity contribution in [1.82, 2.24) is 20.1 Å². The molecule has 2 N–H and O–H groups in total. The number of para-hydroxylation sites is 1. The third-order valence-electron chi connectivity index (χ3n) is 3.41. The van der Waals surface area contributed by atoms with Crippen LogP contribution in [0.4, 0.5) is 10.5 Å². The van der Waals surface area contributed by atoms with Crippen molar-refractivity contribution in [2.45, 2.75) is 25.4 Å². The van der Waals surface area contributed by atoms with Crippen molar-refractivity contribution in [3.05, 3.63) is 35.4 Å². The van der Waals surface area contributed by atoms with E-state index in [1.54, 1.807) is 24.5 Å². The fourth-order valence-electron chi connectivity index (χ4n) is 2.19. The largest absolute Gasteiger partial charge is 0.493 e. The van der Waals surface area contributed by atoms with Crippen molar-refractivity contribution in [2.24, 2.45) is 0 Å². The zero-order chi connectivity index (χ0) is 15.5. The Labute approximate surface area is 132 Å². The van der Waals surface area contributed by atoms with E-state index in [0.717, 1.165) is 18.7 Å². The van der Waals surface area contributed by atoms with Gasteiger partial charge in [0, 0.05) is 6.04 Å². The molecule has 1 saturated carbocycles. The van der Waals surface area contributed by atoms with E-state index < -0.39 is 0 Å². The van der Waals surface area contributed by atoms with Crippen molar-refractivity contribution < 1.29 is 9.53 Å². The first-order chi connectivity index (χ1) is 10.7. The zero-order valence-electron chi connectivity index (χ0n) is 12.0. The van der Waals surface area contributed by atoms with Gasteiger partial charge in [-0.05, 0) is 25.0 Å². The van der Waals surface area contributed by atoms with E-state index in [0.29, 0.717) is 29.0 Å². The summed E-state index contributed by atoms with van der Waals surface area (Å²) < 4.78 is 7.19. The van der Waals surface area contributed by atoms with E-state index >= 15 is 0 Å². The number of carbonyl (C=O) groups excluding carboxylic acids is 1. The number of hydrogen-bond acceptors (Lipinski definition) is 4. The van der Waals surface area contributed by atoms with Gasteiger partial charge in [0.15, 0.2) is 11.6 Å². The first kappa shape index (κ1) is 14.6. The quantitative estimate of drug-likeness (QED) is 0.887. The molecule has 1 aromatic carbocycles. The number of methoxy groups -OCH3 is 1. The van der Waals surface area contributed by atoms with Gasteiger partial charge in [-0.3, -0.25) is 0 Å². The SMILES string of the molecule is COc1c(Cl)cccc1NC(=O)NCc1nncn1C1CC1. The topological polar surface area (TPSA) is 81.1 Å². The summed E-state index contributed by atoms with van der Waals surface area (Å²) in [6.45, 7) is 0.311. The van der Waals surface area contributed by atoms with E-state index in [9.17, 15) is 4.79 Å². The summed E-state index contributed by atoms with van der Waals surface area (Å²) in [5, 5.41) is 13.8. The molecule has 116 valence electrons. The Kier molecular flexibility index (Phi) is 4.15. The van der Waals surface area contributed by atoms with Gasteiger partial charge >= 0.3 is 6.03 Å². The van der Waals surface area contributed by atoms with Gasteiger partial charge < -0.3 is 19.9 Å². The fourth-order valence-corrected chi connectivity index (χ4v) is 2.44. The van der Waals surface area contributed by atoms with Crippen LogP contribution in [0.15, 0.2) is 24.5 Å². The highest BCUT2D eigenvalue weighted by Crippen LogP contribution is 2.35. The molecule has 7 nitrogen and oxygen atoms in total. The molecule has 1 aliphatic carbocycles. The molecular formula is C14H16ClN5O2. The average Bonchev–Trinajstić information content (AvgIpc) is 3.24. The molecule has 2 aromatic rings. The second-order valence-corrected chi connectivity index (χ2v) is 5.42. The number of rotatable bonds is 5. The number of aromatic nitrogens is 3. The molecule has 0 aliphatic heterocycles. The number of hydrogen-bond donors (Lipinski definition) is 2. The first-order valence-corrected chi connectivity index (χ1v) is 7.32. The number of nitrogens with one attached hydrogen (secondary N) is 2. The normalized spacial score (nSPS) is 13.7. The molecule has 22 heavy (non-hydrogen) atoms. The molecule has 0 atom stereocenters. The Balaban J connectivity index is 1.61. The van der Waals surface area contributed by atoms with E-state index in [1.165, 1.54) is 7.11 Å². The second-order valence-electron chi connectivity index (χ2n) is 5.01. The third-order valence-corrected chi connectivity index (χ3v) is 3.71. The summed E-state index contributed by atoms with van der Waals surface area (Å²) in [6.07, 6.45) is 3.97. The van der Waals surface area contributed by atoms with Gasteiger partial charge in [0.2, 0.25) is 0 Å². The summed E-state index contributed by atoms with van der Waals surface area (Å²) in [7, 11) is 1.50. The van der Waals surface area contributed by atoms with Gasteiger partial charge in [0.25, 0.3) is 0 Å². The second kappa shape index (κ2) is 6.23. The van der Waals surface area contributed by atoms with Gasteiger partial charge in [-0.15, -0.1) is 10.2 Å². The highest BCUT2D eigenvalue weighted by atomic mass is 35.5. The molecule has 0 saturated heterocycles. The highest BCUT2D eigenvalue weighted by Gasteiger charge is 2.26. The lowest BCUT2D eigenvalue weighted by atomic mass is 10.3. The summed E-state index contributed by atoms with van der Waals surface area (Å²) in [5.74, 6) is 1.18. The van der Waals surface area contributed by atoms with Crippen LogP contribution in [0.2, 0.25) is 5.02 Å². The van der Waals surface area contributed by atoms with Crippen LogP contribution >= 0.6 is 11.6 Å². The zero-order valence-corrected chi connectivity index (χ0v) is 12.8. The Morgan fingerprint density at radius 2 is 2.32 bits per heavy atom. The maximum Gasteiger partial charge on any atom is 0.319 e. The van der Waals surface area contributed by atoms with Gasteiger partial charge in [-0.1, -0.05) is 17.7 Å². The molecule has 1 aliphatic rings. The molecule has 2 amide bonds. The van der Waals surface area contributed by atoms with Crippen LogP contribution in [0, 0.1) is 0 Å². The Bertz CT molecular complexity index is 684. The number of anilines is 1.